The van der Waals surface area contributed by atoms with Gasteiger partial charge in [-0.3, -0.25) is 9.89 Å². The second-order valence-electron chi connectivity index (χ2n) is 5.14. The van der Waals surface area contributed by atoms with Crippen LogP contribution in [0.25, 0.3) is 0 Å². The molecule has 1 aromatic carbocycles. The molecular weight excluding hydrogens is 267 g/mol. The number of rotatable bonds is 4. The summed E-state index contributed by atoms with van der Waals surface area (Å²) in [5, 5.41) is 7.14. The largest absolute Gasteiger partial charge is 0.298 e. The van der Waals surface area contributed by atoms with Gasteiger partial charge in [0.05, 0.1) is 5.69 Å². The molecule has 1 N–H and O–H groups in total. The Morgan fingerprint density at radius 2 is 2.00 bits per heavy atom. The summed E-state index contributed by atoms with van der Waals surface area (Å²) in [6.07, 6.45) is 4.32. The predicted octanol–water partition coefficient (Wildman–Crippen LogP) is 4.32. The van der Waals surface area contributed by atoms with E-state index in [1.165, 1.54) is 36.6 Å². The molecule has 0 aliphatic carbocycles. The number of carbonyl (C=O) groups excluding carboxylic acids is 1. The van der Waals surface area contributed by atoms with Crippen LogP contribution < -0.4 is 0 Å². The maximum absolute atomic E-state index is 12.6. The summed E-state index contributed by atoms with van der Waals surface area (Å²) in [7, 11) is 0. The van der Waals surface area contributed by atoms with Crippen molar-refractivity contribution in [2.24, 2.45) is 0 Å². The first-order valence-corrected chi connectivity index (χ1v) is 7.21. The molecule has 3 nitrogen and oxygen atoms in total. The molecular formula is C17H23FN2O. The van der Waals surface area contributed by atoms with E-state index in [0.29, 0.717) is 17.4 Å². The average Bonchev–Trinajstić information content (AvgIpc) is 2.79. The molecule has 0 saturated carbocycles. The average molecular weight is 290 g/mol. The van der Waals surface area contributed by atoms with E-state index in [2.05, 4.69) is 31.0 Å². The first-order valence-electron chi connectivity index (χ1n) is 7.21. The normalized spacial score (nSPS) is 9.95. The lowest BCUT2D eigenvalue weighted by atomic mass is 10.1. The van der Waals surface area contributed by atoms with Crippen LogP contribution in [-0.2, 0) is 6.42 Å². The Balaban J connectivity index is 0.000000211. The zero-order chi connectivity index (χ0) is 15.8. The molecule has 21 heavy (non-hydrogen) atoms. The fourth-order valence-electron chi connectivity index (χ4n) is 1.98. The Bertz CT molecular complexity index is 571. The minimum absolute atomic E-state index is 0.329. The van der Waals surface area contributed by atoms with E-state index in [0.717, 1.165) is 5.69 Å². The topological polar surface area (TPSA) is 45.8 Å². The zero-order valence-electron chi connectivity index (χ0n) is 13.2. The molecule has 0 fully saturated rings. The lowest BCUT2D eigenvalue weighted by molar-refractivity contribution is 0.112. The van der Waals surface area contributed by atoms with Crippen LogP contribution in [0, 0.1) is 26.6 Å². The van der Waals surface area contributed by atoms with E-state index in [1.807, 2.05) is 0 Å². The molecule has 0 aliphatic rings. The van der Waals surface area contributed by atoms with Crippen LogP contribution in [0.1, 0.15) is 52.6 Å². The van der Waals surface area contributed by atoms with Gasteiger partial charge in [0.1, 0.15) is 12.1 Å². The number of benzene rings is 1. The molecule has 0 aliphatic heterocycles. The van der Waals surface area contributed by atoms with Crippen LogP contribution in [-0.4, -0.2) is 16.5 Å². The van der Waals surface area contributed by atoms with Crippen molar-refractivity contribution in [1.29, 1.82) is 0 Å². The summed E-state index contributed by atoms with van der Waals surface area (Å²) in [5.41, 5.74) is 4.74. The smallest absolute Gasteiger partial charge is 0.150 e. The van der Waals surface area contributed by atoms with Gasteiger partial charge in [0.15, 0.2) is 0 Å². The van der Waals surface area contributed by atoms with E-state index >= 15 is 0 Å². The monoisotopic (exact) mass is 290 g/mol. The molecule has 0 spiro atoms. The number of aryl methyl sites for hydroxylation is 3. The molecule has 2 aromatic rings. The SMILES string of the molecule is CCCCc1c(C)n[nH]c1C.Cc1ccc(C=O)cc1F. The minimum Gasteiger partial charge on any atom is -0.298 e. The minimum atomic E-state index is -0.329. The summed E-state index contributed by atoms with van der Waals surface area (Å²) in [4.78, 5) is 10.1. The highest BCUT2D eigenvalue weighted by Gasteiger charge is 2.03. The Labute approximate surface area is 125 Å². The van der Waals surface area contributed by atoms with Gasteiger partial charge in [-0.2, -0.15) is 5.10 Å². The van der Waals surface area contributed by atoms with Crippen LogP contribution in [0.4, 0.5) is 4.39 Å². The number of nitrogens with one attached hydrogen (secondary N) is 1. The molecule has 4 heteroatoms. The lowest BCUT2D eigenvalue weighted by Gasteiger charge is -1.97. The highest BCUT2D eigenvalue weighted by molar-refractivity contribution is 5.74. The maximum Gasteiger partial charge on any atom is 0.150 e. The molecule has 0 atom stereocenters. The van der Waals surface area contributed by atoms with E-state index in [-0.39, 0.29) is 5.82 Å². The fourth-order valence-corrected chi connectivity index (χ4v) is 1.98. The predicted molar refractivity (Wildman–Crippen MR) is 83.2 cm³/mol. The second-order valence-corrected chi connectivity index (χ2v) is 5.14. The van der Waals surface area contributed by atoms with Crippen LogP contribution in [0.3, 0.4) is 0 Å². The number of nitrogens with zero attached hydrogens (tertiary/aromatic N) is 1. The third-order valence-corrected chi connectivity index (χ3v) is 3.39. The van der Waals surface area contributed by atoms with Crippen molar-refractivity contribution in [2.75, 3.05) is 0 Å². The molecule has 114 valence electrons. The summed E-state index contributed by atoms with van der Waals surface area (Å²) < 4.78 is 12.6. The van der Waals surface area contributed by atoms with E-state index in [1.54, 1.807) is 19.1 Å². The maximum atomic E-state index is 12.6. The Morgan fingerprint density at radius 3 is 2.48 bits per heavy atom. The number of aromatic nitrogens is 2. The van der Waals surface area contributed by atoms with Crippen LogP contribution in [0.15, 0.2) is 18.2 Å². The number of halogens is 1. The molecule has 1 heterocycles. The van der Waals surface area contributed by atoms with E-state index in [9.17, 15) is 9.18 Å². The van der Waals surface area contributed by atoms with Crippen LogP contribution in [0.2, 0.25) is 0 Å². The fraction of sp³-hybridized carbons (Fsp3) is 0.412. The van der Waals surface area contributed by atoms with Crippen molar-refractivity contribution < 1.29 is 9.18 Å². The molecule has 0 amide bonds. The number of hydrogen-bond acceptors (Lipinski definition) is 2. The van der Waals surface area contributed by atoms with Gasteiger partial charge in [0.2, 0.25) is 0 Å². The summed E-state index contributed by atoms with van der Waals surface area (Å²) >= 11 is 0. The number of carbonyl (C=O) groups is 1. The van der Waals surface area contributed by atoms with Gasteiger partial charge in [-0.1, -0.05) is 25.5 Å². The van der Waals surface area contributed by atoms with Crippen molar-refractivity contribution in [3.05, 3.63) is 52.1 Å². The summed E-state index contributed by atoms with van der Waals surface area (Å²) in [5.74, 6) is -0.329. The molecule has 0 bridgehead atoms. The highest BCUT2D eigenvalue weighted by Crippen LogP contribution is 2.12. The van der Waals surface area contributed by atoms with Crippen molar-refractivity contribution in [1.82, 2.24) is 10.2 Å². The van der Waals surface area contributed by atoms with Crippen molar-refractivity contribution >= 4 is 6.29 Å². The third-order valence-electron chi connectivity index (χ3n) is 3.39. The molecule has 0 radical (unpaired) electrons. The van der Waals surface area contributed by atoms with Crippen molar-refractivity contribution in [3.8, 4) is 0 Å². The van der Waals surface area contributed by atoms with Gasteiger partial charge in [0.25, 0.3) is 0 Å². The Kier molecular flexibility index (Phi) is 6.79. The van der Waals surface area contributed by atoms with Gasteiger partial charge in [-0.25, -0.2) is 4.39 Å². The zero-order valence-corrected chi connectivity index (χ0v) is 13.2. The van der Waals surface area contributed by atoms with Gasteiger partial charge in [0, 0.05) is 11.3 Å². The Hall–Kier alpha value is -1.97. The summed E-state index contributed by atoms with van der Waals surface area (Å²) in [6, 6.07) is 4.40. The number of unbranched alkanes of at least 4 members (excludes halogenated alkanes) is 1. The van der Waals surface area contributed by atoms with Gasteiger partial charge < -0.3 is 0 Å². The van der Waals surface area contributed by atoms with Crippen molar-refractivity contribution in [2.45, 2.75) is 47.0 Å². The van der Waals surface area contributed by atoms with Gasteiger partial charge in [-0.15, -0.1) is 0 Å². The van der Waals surface area contributed by atoms with Crippen molar-refractivity contribution in [3.63, 3.8) is 0 Å². The lowest BCUT2D eigenvalue weighted by Crippen LogP contribution is -1.87. The number of aromatic amines is 1. The number of H-pyrrole nitrogens is 1. The molecule has 0 unspecified atom stereocenters. The number of aldehydes is 1. The van der Waals surface area contributed by atoms with Gasteiger partial charge >= 0.3 is 0 Å². The second kappa shape index (κ2) is 8.35. The number of hydrogen-bond donors (Lipinski definition) is 1. The van der Waals surface area contributed by atoms with Crippen LogP contribution >= 0.6 is 0 Å². The standard InChI is InChI=1S/C9H16N2.C8H7FO/c1-4-5-6-9-7(2)10-11-8(9)3;1-6-2-3-7(5-10)4-8(6)9/h4-6H2,1-3H3,(H,10,11);2-5H,1H3. The molecule has 1 aromatic heterocycles. The van der Waals surface area contributed by atoms with E-state index < -0.39 is 0 Å². The van der Waals surface area contributed by atoms with E-state index in [4.69, 9.17) is 0 Å². The molecule has 0 saturated heterocycles. The quantitative estimate of drug-likeness (QED) is 0.852. The molecule has 2 rings (SSSR count). The first kappa shape index (κ1) is 17.1. The van der Waals surface area contributed by atoms with Gasteiger partial charge in [-0.05, 0) is 50.8 Å². The third kappa shape index (κ3) is 5.14. The summed E-state index contributed by atoms with van der Waals surface area (Å²) in [6.45, 7) is 8.02. The first-order chi connectivity index (χ1) is 9.99. The Morgan fingerprint density at radius 1 is 1.29 bits per heavy atom. The van der Waals surface area contributed by atoms with Crippen LogP contribution in [0.5, 0.6) is 0 Å². The highest BCUT2D eigenvalue weighted by atomic mass is 19.1.